The van der Waals surface area contributed by atoms with Crippen LogP contribution in [0.25, 0.3) is 11.1 Å². The monoisotopic (exact) mass is 907 g/mol. The summed E-state index contributed by atoms with van der Waals surface area (Å²) in [6.45, 7) is 5.62. The predicted molar refractivity (Wildman–Crippen MR) is 332 cm³/mol. The number of amides is 1. The molecule has 0 saturated carbocycles. The molecular weight excluding hydrogens is 845 g/mol. The third kappa shape index (κ3) is 9.63. The highest BCUT2D eigenvalue weighted by Crippen LogP contribution is 2.57. The Balaban J connectivity index is 1.78. The first-order valence-electron chi connectivity index (χ1n) is 23.7. The number of nitrogens with zero attached hydrogens (tertiary/aromatic N) is 4. The van der Waals surface area contributed by atoms with Gasteiger partial charge in [-0.25, -0.2) is 4.39 Å². The van der Waals surface area contributed by atoms with Gasteiger partial charge >= 0.3 is 6.18 Å². The zero-order valence-corrected chi connectivity index (χ0v) is 45.5. The highest BCUT2D eigenvalue weighted by molar-refractivity contribution is 7.98. The molecule has 67 heavy (non-hydrogen) atoms. The van der Waals surface area contributed by atoms with Crippen molar-refractivity contribution in [3.05, 3.63) is 68.4 Å². The lowest BCUT2D eigenvalue weighted by molar-refractivity contribution is -0.136. The first kappa shape index (κ1) is 55.3. The van der Waals surface area contributed by atoms with E-state index in [1.165, 1.54) is 23.9 Å². The fourth-order valence-corrected chi connectivity index (χ4v) is 12.4. The second kappa shape index (κ2) is 18.5. The molecule has 0 unspecified atom stereocenters. The Kier molecular flexibility index (Phi) is 15.3. The normalized spacial score (nSPS) is 15.6. The van der Waals surface area contributed by atoms with Crippen LogP contribution in [0, 0.1) is 5.82 Å². The number of fused-ring (bicyclic) bond motifs is 1. The average molecular weight is 903 g/mol. The van der Waals surface area contributed by atoms with Gasteiger partial charge in [0.05, 0.1) is 21.0 Å². The number of aromatic nitrogens is 2. The molecule has 31 heteroatoms. The van der Waals surface area contributed by atoms with Gasteiger partial charge in [-0.3, -0.25) is 9.59 Å². The van der Waals surface area contributed by atoms with Crippen LogP contribution in [0.2, 0.25) is 5.21 Å². The molecule has 0 saturated heterocycles. The number of thioether (sulfide) groups is 1. The Morgan fingerprint density at radius 3 is 1.58 bits per heavy atom. The van der Waals surface area contributed by atoms with Gasteiger partial charge < -0.3 is 14.4 Å². The molecule has 0 spiro atoms. The van der Waals surface area contributed by atoms with Crippen molar-refractivity contribution >= 4 is 218 Å². The van der Waals surface area contributed by atoms with Gasteiger partial charge in [0.2, 0.25) is 5.91 Å². The zero-order valence-electron chi connectivity index (χ0n) is 44.7. The number of hydrogen-bond acceptors (Lipinski definition) is 5. The van der Waals surface area contributed by atoms with Crippen LogP contribution in [0.3, 0.4) is 0 Å². The SMILES string of the molecule is Bc1c(B)c(-c2c(B)c(B)c(C(F)(F)F)c(B)c2B)c(B)c(B)c1CN(CCN(C(B)(B)C)C(B)(B)C)C(=O)C(B)(B)n1c(SCc2ccc(F)cc2)nc(=O)c2c1C(B)(B)C(B)(B)C2(B)B. The minimum absolute atomic E-state index is 0.135. The first-order valence-corrected chi connectivity index (χ1v) is 24.7. The molecule has 1 aliphatic carbocycles. The molecule has 1 aliphatic rings. The molecule has 1 heterocycles. The Morgan fingerprint density at radius 2 is 1.15 bits per heavy atom. The Labute approximate surface area is 419 Å². The molecule has 5 rings (SSSR count). The van der Waals surface area contributed by atoms with Crippen molar-refractivity contribution in [3.63, 3.8) is 0 Å². The maximum atomic E-state index is 16.2. The summed E-state index contributed by atoms with van der Waals surface area (Å²) in [7, 11) is 40.5. The predicted octanol–water partition coefficient (Wildman–Crippen LogP) is -19.3. The molecule has 1 amide bonds. The minimum atomic E-state index is -4.48. The van der Waals surface area contributed by atoms with Crippen molar-refractivity contribution in [1.29, 1.82) is 0 Å². The molecule has 0 atom stereocenters. The number of carbonyl (C=O) groups excluding carboxylic acids is 1. The van der Waals surface area contributed by atoms with Crippen LogP contribution in [0.15, 0.2) is 34.2 Å². The molecule has 328 valence electrons. The molecule has 0 fully saturated rings. The van der Waals surface area contributed by atoms with Gasteiger partial charge in [0, 0.05) is 42.2 Å². The van der Waals surface area contributed by atoms with E-state index in [2.05, 4.69) is 117 Å². The Hall–Kier alpha value is -2.66. The van der Waals surface area contributed by atoms with Crippen LogP contribution in [0.5, 0.6) is 0 Å². The largest absolute Gasteiger partial charge is 0.415 e. The molecule has 0 radical (unpaired) electrons. The molecule has 4 aromatic rings. The molecule has 0 N–H and O–H groups in total. The summed E-state index contributed by atoms with van der Waals surface area (Å²) in [6.07, 6.45) is -4.48. The van der Waals surface area contributed by atoms with Gasteiger partial charge in [0.1, 0.15) is 147 Å². The van der Waals surface area contributed by atoms with Crippen LogP contribution in [-0.4, -0.2) is 206 Å². The quantitative estimate of drug-likeness (QED) is 0.0579. The summed E-state index contributed by atoms with van der Waals surface area (Å²) in [5.41, 5.74) is 9.74. The third-order valence-electron chi connectivity index (χ3n) is 16.6. The van der Waals surface area contributed by atoms with E-state index in [1.54, 1.807) is 43.5 Å². The Morgan fingerprint density at radius 1 is 0.701 bits per heavy atom. The van der Waals surface area contributed by atoms with E-state index in [9.17, 15) is 22.4 Å². The maximum Gasteiger partial charge on any atom is 0.415 e. The molecule has 6 nitrogen and oxygen atoms in total. The van der Waals surface area contributed by atoms with Gasteiger partial charge in [-0.05, 0) is 45.1 Å². The standard InChI is InChI=1S/C36H58B20F4N4O2S/c1-30(45,46)63(31(2,47)48)8-7-62(9-13-18(37)20(39)14(21(40)19(13)38)15-22(41)24(43)16(35(58,59)60)25(44)23(15)42)28(66)34(53,54)64-26-17(32(49,50)36(55,56)33(26,51)52)27(65)61-29(64)67-10-11-3-5-12(57)6-4-11/h3-6H,7-10,37-56H2,1-2H3. The lowest BCUT2D eigenvalue weighted by Gasteiger charge is -2.48. The number of hydrogen-bond donors (Lipinski definition) is 0. The highest BCUT2D eigenvalue weighted by atomic mass is 32.2. The lowest BCUT2D eigenvalue weighted by atomic mass is 9.20. The van der Waals surface area contributed by atoms with E-state index in [-0.39, 0.29) is 45.4 Å². The van der Waals surface area contributed by atoms with Crippen molar-refractivity contribution in [3.8, 4) is 11.1 Å². The third-order valence-corrected chi connectivity index (χ3v) is 17.6. The summed E-state index contributed by atoms with van der Waals surface area (Å²) in [5, 5.41) is -2.91. The zero-order chi connectivity index (χ0) is 51.3. The molecule has 1 aromatic heterocycles. The molecule has 0 bridgehead atoms. The second-order valence-electron chi connectivity index (χ2n) is 23.4. The van der Waals surface area contributed by atoms with E-state index in [4.69, 9.17) is 4.98 Å². The summed E-state index contributed by atoms with van der Waals surface area (Å²) in [6, 6.07) is 6.30. The number of benzene rings is 3. The molecule has 0 aliphatic heterocycles. The summed E-state index contributed by atoms with van der Waals surface area (Å²) < 4.78 is 59.4. The number of rotatable bonds is 13. The van der Waals surface area contributed by atoms with Crippen LogP contribution in [-0.2, 0) is 39.0 Å². The van der Waals surface area contributed by atoms with E-state index in [0.717, 1.165) is 49.8 Å². The van der Waals surface area contributed by atoms with Crippen molar-refractivity contribution in [2.75, 3.05) is 13.1 Å². The number of halogens is 4. The van der Waals surface area contributed by atoms with Gasteiger partial charge in [-0.15, -0.1) is 0 Å². The summed E-state index contributed by atoms with van der Waals surface area (Å²) in [4.78, 5) is 39.8. The van der Waals surface area contributed by atoms with E-state index in [0.29, 0.717) is 40.5 Å². The van der Waals surface area contributed by atoms with Crippen LogP contribution < -0.4 is 49.3 Å². The van der Waals surface area contributed by atoms with Crippen LogP contribution in [0.4, 0.5) is 17.6 Å². The number of alkyl halides is 3. The van der Waals surface area contributed by atoms with Crippen LogP contribution >= 0.6 is 11.8 Å². The fourth-order valence-electron chi connectivity index (χ4n) is 11.3. The lowest BCUT2D eigenvalue weighted by Crippen LogP contribution is -2.63. The summed E-state index contributed by atoms with van der Waals surface area (Å²) >= 11 is 1.37. The summed E-state index contributed by atoms with van der Waals surface area (Å²) in [5.74, 6) is -0.0703. The molecular formula is C36H58B20F4N4O2S. The Bertz CT molecular complexity index is 2640. The second-order valence-corrected chi connectivity index (χ2v) is 24.4. The number of carbonyl (C=O) groups is 1. The van der Waals surface area contributed by atoms with Crippen molar-refractivity contribution in [1.82, 2.24) is 19.4 Å². The van der Waals surface area contributed by atoms with Gasteiger partial charge in [0.15, 0.2) is 5.16 Å². The molecule has 3 aromatic carbocycles. The van der Waals surface area contributed by atoms with Gasteiger partial charge in [-0.1, -0.05) is 97.1 Å². The van der Waals surface area contributed by atoms with E-state index >= 15 is 4.79 Å². The highest BCUT2D eigenvalue weighted by Gasteiger charge is 2.59. The smallest absolute Gasteiger partial charge is 0.336 e. The first-order chi connectivity index (χ1) is 30.3. The van der Waals surface area contributed by atoms with Crippen molar-refractivity contribution < 1.29 is 22.4 Å². The fraction of sp³-hybridized carbons (Fsp3) is 0.361. The van der Waals surface area contributed by atoms with Gasteiger partial charge in [-0.2, -0.15) is 18.2 Å². The van der Waals surface area contributed by atoms with E-state index < -0.39 is 32.7 Å². The van der Waals surface area contributed by atoms with Gasteiger partial charge in [0.25, 0.3) is 5.56 Å². The minimum Gasteiger partial charge on any atom is -0.336 e. The van der Waals surface area contributed by atoms with Crippen LogP contribution in [0.1, 0.15) is 41.8 Å². The van der Waals surface area contributed by atoms with E-state index in [1.807, 2.05) is 36.3 Å². The van der Waals surface area contributed by atoms with Crippen molar-refractivity contribution in [2.45, 2.75) is 69.1 Å². The average Bonchev–Trinajstić information content (AvgIpc) is 3.29. The maximum absolute atomic E-state index is 16.2. The topological polar surface area (TPSA) is 58.4 Å². The van der Waals surface area contributed by atoms with Crippen molar-refractivity contribution in [2.24, 2.45) is 0 Å².